The number of aromatic nitrogens is 2. The number of aliphatic imine (C=N–C) groups is 1. The maximum absolute atomic E-state index is 14.1. The predicted molar refractivity (Wildman–Crippen MR) is 143 cm³/mol. The van der Waals surface area contributed by atoms with E-state index in [0.717, 1.165) is 51.5 Å². The Morgan fingerprint density at radius 1 is 0.975 bits per heavy atom. The van der Waals surface area contributed by atoms with Gasteiger partial charge in [0.15, 0.2) is 0 Å². The first-order valence-electron chi connectivity index (χ1n) is 13.2. The van der Waals surface area contributed by atoms with Gasteiger partial charge >= 0.3 is 12.4 Å². The number of rotatable bonds is 5. The normalized spacial score (nSPS) is 21.1. The third-order valence-electron chi connectivity index (χ3n) is 7.85. The summed E-state index contributed by atoms with van der Waals surface area (Å²) in [6.45, 7) is 5.92. The van der Waals surface area contributed by atoms with Crippen molar-refractivity contribution in [2.75, 3.05) is 25.0 Å². The molecule has 3 aromatic rings. The second-order valence-corrected chi connectivity index (χ2v) is 10.5. The van der Waals surface area contributed by atoms with Crippen molar-refractivity contribution in [3.8, 4) is 0 Å². The lowest BCUT2D eigenvalue weighted by molar-refractivity contribution is -0.191. The van der Waals surface area contributed by atoms with E-state index in [1.165, 1.54) is 24.4 Å². The van der Waals surface area contributed by atoms with Crippen molar-refractivity contribution in [2.24, 2.45) is 10.4 Å². The molecule has 1 saturated heterocycles. The highest BCUT2D eigenvalue weighted by molar-refractivity contribution is 6.08. The van der Waals surface area contributed by atoms with Gasteiger partial charge in [-0.3, -0.25) is 4.99 Å². The van der Waals surface area contributed by atoms with Crippen molar-refractivity contribution in [1.29, 1.82) is 0 Å². The van der Waals surface area contributed by atoms with Crippen molar-refractivity contribution in [2.45, 2.75) is 51.4 Å². The summed E-state index contributed by atoms with van der Waals surface area (Å²) < 4.78 is 81.6. The van der Waals surface area contributed by atoms with E-state index in [-0.39, 0.29) is 18.1 Å². The fourth-order valence-electron chi connectivity index (χ4n) is 5.26. The third-order valence-corrected chi connectivity index (χ3v) is 7.85. The van der Waals surface area contributed by atoms with E-state index in [1.807, 2.05) is 0 Å². The van der Waals surface area contributed by atoms with Gasteiger partial charge in [0.1, 0.15) is 17.1 Å². The van der Waals surface area contributed by atoms with Gasteiger partial charge in [-0.05, 0) is 87.8 Å². The van der Waals surface area contributed by atoms with E-state index in [9.17, 15) is 26.3 Å². The van der Waals surface area contributed by atoms with Gasteiger partial charge in [0.2, 0.25) is 0 Å². The molecule has 5 nitrogen and oxygen atoms in total. The summed E-state index contributed by atoms with van der Waals surface area (Å²) in [4.78, 5) is 16.0. The average molecular weight is 562 g/mol. The zero-order chi connectivity index (χ0) is 28.7. The number of likely N-dealkylation sites (tertiary alicyclic amines) is 1. The number of piperidine rings is 1. The molecule has 2 aliphatic rings. The highest BCUT2D eigenvalue weighted by atomic mass is 19.4. The highest BCUT2D eigenvalue weighted by Gasteiger charge is 2.54. The topological polar surface area (TPSA) is 53.4 Å². The molecule has 0 radical (unpaired) electrons. The highest BCUT2D eigenvalue weighted by Crippen LogP contribution is 2.46. The van der Waals surface area contributed by atoms with Crippen LogP contribution >= 0.6 is 0 Å². The molecule has 3 heterocycles. The average Bonchev–Trinajstić information content (AvgIpc) is 2.92. The lowest BCUT2D eigenvalue weighted by Gasteiger charge is -2.34. The van der Waals surface area contributed by atoms with Gasteiger partial charge < -0.3 is 10.2 Å². The van der Waals surface area contributed by atoms with E-state index in [2.05, 4.69) is 22.1 Å². The summed E-state index contributed by atoms with van der Waals surface area (Å²) in [6.07, 6.45) is -4.75. The summed E-state index contributed by atoms with van der Waals surface area (Å²) in [6, 6.07) is 9.41. The van der Waals surface area contributed by atoms with Crippen molar-refractivity contribution in [3.63, 3.8) is 0 Å². The number of anilines is 2. The second kappa shape index (κ2) is 10.5. The van der Waals surface area contributed by atoms with E-state index in [1.54, 1.807) is 18.2 Å². The minimum atomic E-state index is -4.51. The molecule has 2 aromatic carbocycles. The number of nitrogens with one attached hydrogen (secondary N) is 1. The SMILES string of the molecule is CCN1CCC(c2nc(Nc3ccc(C(F)(F)F)cc3)c3ccc(C4=NC=CCC4(C)C(F)(F)F)cc3n2)CC1. The second-order valence-electron chi connectivity index (χ2n) is 10.5. The Morgan fingerprint density at radius 3 is 2.30 bits per heavy atom. The molecule has 0 aliphatic carbocycles. The summed E-state index contributed by atoms with van der Waals surface area (Å²) in [5.41, 5.74) is -1.86. The Hall–Kier alpha value is -3.47. The standard InChI is InChI=1S/C29H29F6N5/c1-3-40-15-11-18(12-16-40)25-38-23-17-19(24-27(2,29(33,34)35)13-4-14-36-24)5-10-22(23)26(39-25)37-21-8-6-20(7-9-21)28(30,31)32/h4-10,14,17-18H,3,11-13,15-16H2,1-2H3,(H,37,38,39). The fraction of sp³-hybridized carbons (Fsp3) is 0.414. The van der Waals surface area contributed by atoms with Gasteiger partial charge in [-0.15, -0.1) is 0 Å². The van der Waals surface area contributed by atoms with Crippen LogP contribution in [-0.4, -0.2) is 46.4 Å². The molecule has 11 heteroatoms. The largest absolute Gasteiger partial charge is 0.416 e. The number of alkyl halides is 6. The van der Waals surface area contributed by atoms with Gasteiger partial charge in [-0.25, -0.2) is 9.97 Å². The molecule has 0 saturated carbocycles. The molecule has 2 aliphatic heterocycles. The summed E-state index contributed by atoms with van der Waals surface area (Å²) in [5.74, 6) is 0.978. The van der Waals surface area contributed by atoms with Crippen molar-refractivity contribution < 1.29 is 26.3 Å². The van der Waals surface area contributed by atoms with Gasteiger partial charge in [-0.1, -0.05) is 19.1 Å². The molecule has 1 unspecified atom stereocenters. The Bertz CT molecular complexity index is 1440. The van der Waals surface area contributed by atoms with Crippen LogP contribution in [0.1, 0.15) is 56.0 Å². The lowest BCUT2D eigenvalue weighted by atomic mass is 9.76. The molecule has 0 bridgehead atoms. The molecule has 1 N–H and O–H groups in total. The summed E-state index contributed by atoms with van der Waals surface area (Å²) >= 11 is 0. The molecule has 1 aromatic heterocycles. The van der Waals surface area contributed by atoms with Gasteiger partial charge in [0.05, 0.1) is 16.8 Å². The molecular formula is C29H29F6N5. The Balaban J connectivity index is 1.58. The van der Waals surface area contributed by atoms with Crippen molar-refractivity contribution >= 4 is 28.1 Å². The number of fused-ring (bicyclic) bond motifs is 1. The maximum Gasteiger partial charge on any atom is 0.416 e. The molecule has 40 heavy (non-hydrogen) atoms. The number of benzene rings is 2. The van der Waals surface area contributed by atoms with Gasteiger partial charge in [0.25, 0.3) is 0 Å². The molecule has 212 valence electrons. The molecule has 5 rings (SSSR count). The quantitative estimate of drug-likeness (QED) is 0.322. The predicted octanol–water partition coefficient (Wildman–Crippen LogP) is 7.87. The number of hydrogen-bond donors (Lipinski definition) is 1. The number of halogens is 6. The van der Waals surface area contributed by atoms with Crippen LogP contribution in [0.2, 0.25) is 0 Å². The smallest absolute Gasteiger partial charge is 0.340 e. The maximum atomic E-state index is 14.1. The van der Waals surface area contributed by atoms with Crippen LogP contribution in [-0.2, 0) is 6.18 Å². The van der Waals surface area contributed by atoms with E-state index in [0.29, 0.717) is 33.8 Å². The first-order valence-corrected chi connectivity index (χ1v) is 13.2. The van der Waals surface area contributed by atoms with Crippen LogP contribution < -0.4 is 5.32 Å². The number of hydrogen-bond acceptors (Lipinski definition) is 5. The minimum Gasteiger partial charge on any atom is -0.340 e. The molecular weight excluding hydrogens is 532 g/mol. The molecule has 0 spiro atoms. The lowest BCUT2D eigenvalue weighted by Crippen LogP contribution is -2.43. The van der Waals surface area contributed by atoms with Crippen molar-refractivity contribution in [3.05, 3.63) is 71.7 Å². The van der Waals surface area contributed by atoms with Crippen LogP contribution in [0.3, 0.4) is 0 Å². The number of allylic oxidation sites excluding steroid dienone is 1. The first kappa shape index (κ1) is 28.1. The minimum absolute atomic E-state index is 0.0411. The Kier molecular flexibility index (Phi) is 7.37. The monoisotopic (exact) mass is 561 g/mol. The third kappa shape index (κ3) is 5.43. The first-order chi connectivity index (χ1) is 18.9. The van der Waals surface area contributed by atoms with E-state index in [4.69, 9.17) is 9.97 Å². The Labute approximate surface area is 228 Å². The van der Waals surface area contributed by atoms with Gasteiger partial charge in [0, 0.05) is 23.2 Å². The fourth-order valence-corrected chi connectivity index (χ4v) is 5.26. The molecule has 1 atom stereocenters. The Morgan fingerprint density at radius 2 is 1.68 bits per heavy atom. The summed E-state index contributed by atoms with van der Waals surface area (Å²) in [7, 11) is 0. The van der Waals surface area contributed by atoms with Gasteiger partial charge in [-0.2, -0.15) is 26.3 Å². The molecule has 0 amide bonds. The number of nitrogens with zero attached hydrogens (tertiary/aromatic N) is 4. The van der Waals surface area contributed by atoms with E-state index < -0.39 is 23.3 Å². The zero-order valence-corrected chi connectivity index (χ0v) is 22.1. The van der Waals surface area contributed by atoms with Crippen LogP contribution in [0.25, 0.3) is 10.9 Å². The zero-order valence-electron chi connectivity index (χ0n) is 22.1. The van der Waals surface area contributed by atoms with Crippen LogP contribution in [0.15, 0.2) is 59.7 Å². The van der Waals surface area contributed by atoms with Crippen LogP contribution in [0.4, 0.5) is 37.8 Å². The van der Waals surface area contributed by atoms with E-state index >= 15 is 0 Å². The van der Waals surface area contributed by atoms with Crippen LogP contribution in [0.5, 0.6) is 0 Å². The molecule has 1 fully saturated rings. The van der Waals surface area contributed by atoms with Crippen molar-refractivity contribution in [1.82, 2.24) is 14.9 Å². The summed E-state index contributed by atoms with van der Waals surface area (Å²) in [5, 5.41) is 3.66. The van der Waals surface area contributed by atoms with Crippen LogP contribution in [0, 0.1) is 5.41 Å².